The molecule has 2 aromatic rings. The fourth-order valence-electron chi connectivity index (χ4n) is 3.38. The molecular weight excluding hydrogens is 326 g/mol. The van der Waals surface area contributed by atoms with Crippen LogP contribution in [0.15, 0.2) is 36.4 Å². The second-order valence-electron chi connectivity index (χ2n) is 7.13. The molecule has 0 radical (unpaired) electrons. The lowest BCUT2D eigenvalue weighted by Gasteiger charge is -2.28. The number of carbonyl (C=O) groups excluding carboxylic acids is 1. The van der Waals surface area contributed by atoms with Crippen molar-refractivity contribution in [2.75, 3.05) is 18.5 Å². The van der Waals surface area contributed by atoms with Crippen LogP contribution < -0.4 is 10.1 Å². The Morgan fingerprint density at radius 1 is 1.15 bits per heavy atom. The molecule has 1 saturated carbocycles. The first-order chi connectivity index (χ1) is 12.6. The van der Waals surface area contributed by atoms with Crippen molar-refractivity contribution in [1.29, 1.82) is 0 Å². The molecule has 3 rings (SSSR count). The van der Waals surface area contributed by atoms with Crippen molar-refractivity contribution in [3.63, 3.8) is 0 Å². The minimum Gasteiger partial charge on any atom is -0.493 e. The number of hydrogen-bond donors (Lipinski definition) is 1. The number of anilines is 1. The smallest absolute Gasteiger partial charge is 0.256 e. The van der Waals surface area contributed by atoms with Crippen molar-refractivity contribution in [3.05, 3.63) is 36.4 Å². The molecule has 0 bridgehead atoms. The minimum atomic E-state index is -0.758. The lowest BCUT2D eigenvalue weighted by Crippen LogP contribution is -2.44. The van der Waals surface area contributed by atoms with E-state index < -0.39 is 5.60 Å². The zero-order valence-electron chi connectivity index (χ0n) is 16.0. The second kappa shape index (κ2) is 8.09. The van der Waals surface area contributed by atoms with E-state index in [9.17, 15) is 4.79 Å². The van der Waals surface area contributed by atoms with E-state index in [0.29, 0.717) is 19.1 Å². The predicted molar refractivity (Wildman–Crippen MR) is 106 cm³/mol. The maximum Gasteiger partial charge on any atom is 0.256 e. The van der Waals surface area contributed by atoms with Crippen LogP contribution in [0, 0.1) is 5.92 Å². The summed E-state index contributed by atoms with van der Waals surface area (Å²) >= 11 is 0. The Kier molecular flexibility index (Phi) is 5.82. The van der Waals surface area contributed by atoms with Crippen molar-refractivity contribution in [3.8, 4) is 5.75 Å². The van der Waals surface area contributed by atoms with Gasteiger partial charge in [-0.2, -0.15) is 0 Å². The summed E-state index contributed by atoms with van der Waals surface area (Å²) in [6, 6.07) is 11.9. The van der Waals surface area contributed by atoms with Gasteiger partial charge in [-0.1, -0.05) is 37.6 Å². The topological polar surface area (TPSA) is 47.6 Å². The third-order valence-electron chi connectivity index (χ3n) is 5.14. The summed E-state index contributed by atoms with van der Waals surface area (Å²) < 4.78 is 11.8. The van der Waals surface area contributed by atoms with E-state index in [4.69, 9.17) is 9.47 Å². The lowest BCUT2D eigenvalue weighted by molar-refractivity contribution is -0.141. The van der Waals surface area contributed by atoms with Gasteiger partial charge in [-0.15, -0.1) is 0 Å². The van der Waals surface area contributed by atoms with E-state index in [1.165, 1.54) is 0 Å². The number of fused-ring (bicyclic) bond motifs is 1. The van der Waals surface area contributed by atoms with Gasteiger partial charge in [0.05, 0.1) is 6.61 Å². The van der Waals surface area contributed by atoms with Gasteiger partial charge in [0, 0.05) is 23.1 Å². The molecule has 2 aromatic carbocycles. The Hall–Kier alpha value is -2.07. The average Bonchev–Trinajstić information content (AvgIpc) is 3.49. The zero-order chi connectivity index (χ0) is 18.6. The molecular formula is C22H29NO3. The molecule has 1 amide bonds. The summed E-state index contributed by atoms with van der Waals surface area (Å²) in [6.07, 6.45) is 4.23. The van der Waals surface area contributed by atoms with Crippen LogP contribution in [0.4, 0.5) is 5.69 Å². The van der Waals surface area contributed by atoms with E-state index in [-0.39, 0.29) is 5.91 Å². The normalized spacial score (nSPS) is 16.3. The van der Waals surface area contributed by atoms with Gasteiger partial charge in [-0.25, -0.2) is 0 Å². The highest BCUT2D eigenvalue weighted by molar-refractivity contribution is 6.06. The number of rotatable bonds is 9. The average molecular weight is 355 g/mol. The van der Waals surface area contributed by atoms with Crippen LogP contribution in [-0.2, 0) is 9.53 Å². The van der Waals surface area contributed by atoms with E-state index >= 15 is 0 Å². The number of nitrogens with one attached hydrogen (secondary N) is 1. The van der Waals surface area contributed by atoms with Crippen LogP contribution in [-0.4, -0.2) is 24.7 Å². The van der Waals surface area contributed by atoms with Crippen molar-refractivity contribution in [2.45, 2.75) is 52.1 Å². The Labute approximate surface area is 155 Å². The van der Waals surface area contributed by atoms with Crippen molar-refractivity contribution < 1.29 is 14.3 Å². The Morgan fingerprint density at radius 2 is 1.88 bits per heavy atom. The molecule has 0 unspecified atom stereocenters. The summed E-state index contributed by atoms with van der Waals surface area (Å²) in [4.78, 5) is 13.0. The van der Waals surface area contributed by atoms with Crippen LogP contribution in [0.5, 0.6) is 5.75 Å². The second-order valence-corrected chi connectivity index (χ2v) is 7.13. The SMILES string of the molecule is CCCCOc1ccc(NC(=O)[C@@](C)(OCC)C2CC2)c2ccccc12. The highest BCUT2D eigenvalue weighted by atomic mass is 16.5. The van der Waals surface area contributed by atoms with E-state index in [1.807, 2.05) is 50.2 Å². The molecule has 1 fully saturated rings. The number of ether oxygens (including phenoxy) is 2. The van der Waals surface area contributed by atoms with Gasteiger partial charge in [-0.05, 0) is 51.2 Å². The molecule has 1 aliphatic carbocycles. The summed E-state index contributed by atoms with van der Waals surface area (Å²) in [7, 11) is 0. The summed E-state index contributed by atoms with van der Waals surface area (Å²) in [5.74, 6) is 1.11. The molecule has 0 spiro atoms. The maximum atomic E-state index is 13.0. The zero-order valence-corrected chi connectivity index (χ0v) is 16.0. The van der Waals surface area contributed by atoms with Crippen LogP contribution in [0.1, 0.15) is 46.5 Å². The van der Waals surface area contributed by atoms with Crippen LogP contribution >= 0.6 is 0 Å². The molecule has 0 saturated heterocycles. The fourth-order valence-corrected chi connectivity index (χ4v) is 3.38. The van der Waals surface area contributed by atoms with E-state index in [1.54, 1.807) is 0 Å². The third-order valence-corrected chi connectivity index (χ3v) is 5.14. The van der Waals surface area contributed by atoms with Crippen molar-refractivity contribution >= 4 is 22.4 Å². The number of hydrogen-bond acceptors (Lipinski definition) is 3. The van der Waals surface area contributed by atoms with E-state index in [2.05, 4.69) is 12.2 Å². The standard InChI is InChI=1S/C22H29NO3/c1-4-6-15-25-20-14-13-19(17-9-7-8-10-18(17)20)23-21(24)22(3,26-5-2)16-11-12-16/h7-10,13-14,16H,4-6,11-12,15H2,1-3H3,(H,23,24)/t22-/m0/s1. The maximum absolute atomic E-state index is 13.0. The lowest BCUT2D eigenvalue weighted by atomic mass is 9.98. The molecule has 0 aromatic heterocycles. The first-order valence-corrected chi connectivity index (χ1v) is 9.70. The van der Waals surface area contributed by atoms with Gasteiger partial charge >= 0.3 is 0 Å². The van der Waals surface area contributed by atoms with Crippen LogP contribution in [0.3, 0.4) is 0 Å². The minimum absolute atomic E-state index is 0.0633. The summed E-state index contributed by atoms with van der Waals surface area (Å²) in [5, 5.41) is 5.12. The Bertz CT molecular complexity index is 769. The highest BCUT2D eigenvalue weighted by Crippen LogP contribution is 2.43. The van der Waals surface area contributed by atoms with Gasteiger partial charge in [0.1, 0.15) is 11.4 Å². The first-order valence-electron chi connectivity index (χ1n) is 9.70. The van der Waals surface area contributed by atoms with Gasteiger partial charge in [0.2, 0.25) is 0 Å². The van der Waals surface area contributed by atoms with Gasteiger partial charge < -0.3 is 14.8 Å². The molecule has 1 N–H and O–H groups in total. The molecule has 26 heavy (non-hydrogen) atoms. The molecule has 140 valence electrons. The number of unbranched alkanes of at least 4 members (excludes halogenated alkanes) is 1. The third kappa shape index (κ3) is 3.85. The quantitative estimate of drug-likeness (QED) is 0.632. The largest absolute Gasteiger partial charge is 0.493 e. The van der Waals surface area contributed by atoms with Crippen molar-refractivity contribution in [2.24, 2.45) is 5.92 Å². The molecule has 1 aliphatic rings. The number of carbonyl (C=O) groups is 1. The van der Waals surface area contributed by atoms with Crippen molar-refractivity contribution in [1.82, 2.24) is 0 Å². The van der Waals surface area contributed by atoms with E-state index in [0.717, 1.165) is 47.9 Å². The molecule has 1 atom stereocenters. The molecule has 0 aliphatic heterocycles. The molecule has 4 nitrogen and oxygen atoms in total. The highest BCUT2D eigenvalue weighted by Gasteiger charge is 2.48. The molecule has 4 heteroatoms. The van der Waals surface area contributed by atoms with Crippen LogP contribution in [0.25, 0.3) is 10.8 Å². The van der Waals surface area contributed by atoms with Crippen LogP contribution in [0.2, 0.25) is 0 Å². The first kappa shape index (κ1) is 18.7. The summed E-state index contributed by atoms with van der Waals surface area (Å²) in [5.41, 5.74) is 0.0478. The molecule has 0 heterocycles. The van der Waals surface area contributed by atoms with Gasteiger partial charge in [-0.3, -0.25) is 4.79 Å². The summed E-state index contributed by atoms with van der Waals surface area (Å²) in [6.45, 7) is 7.23. The number of benzene rings is 2. The fraction of sp³-hybridized carbons (Fsp3) is 0.500. The Balaban J connectivity index is 1.86. The van der Waals surface area contributed by atoms with Gasteiger partial charge in [0.25, 0.3) is 5.91 Å². The number of amides is 1. The van der Waals surface area contributed by atoms with Gasteiger partial charge in [0.15, 0.2) is 0 Å². The monoisotopic (exact) mass is 355 g/mol. The predicted octanol–water partition coefficient (Wildman–Crippen LogP) is 5.16. The Morgan fingerprint density at radius 3 is 2.54 bits per heavy atom.